The van der Waals surface area contributed by atoms with Crippen molar-refractivity contribution in [1.29, 1.82) is 0 Å². The van der Waals surface area contributed by atoms with Gasteiger partial charge in [-0.15, -0.1) is 11.8 Å². The molecule has 19 heavy (non-hydrogen) atoms. The molecule has 1 aromatic heterocycles. The molecule has 0 fully saturated rings. The highest BCUT2D eigenvalue weighted by atomic mass is 79.9. The van der Waals surface area contributed by atoms with Gasteiger partial charge in [-0.3, -0.25) is 4.79 Å². The van der Waals surface area contributed by atoms with E-state index in [1.165, 1.54) is 11.0 Å². The van der Waals surface area contributed by atoms with Gasteiger partial charge in [0, 0.05) is 33.9 Å². The zero-order chi connectivity index (χ0) is 13.7. The summed E-state index contributed by atoms with van der Waals surface area (Å²) in [5.41, 5.74) is 6.30. The summed E-state index contributed by atoms with van der Waals surface area (Å²) in [4.78, 5) is 12.8. The van der Waals surface area contributed by atoms with Gasteiger partial charge in [-0.1, -0.05) is 22.0 Å². The van der Waals surface area contributed by atoms with Gasteiger partial charge < -0.3 is 10.3 Å². The van der Waals surface area contributed by atoms with Crippen LogP contribution in [-0.2, 0) is 6.54 Å². The maximum atomic E-state index is 11.6. The lowest BCUT2D eigenvalue weighted by atomic mass is 10.4. The molecule has 2 rings (SSSR count). The second-order valence-electron chi connectivity index (χ2n) is 4.15. The molecule has 2 N–H and O–H groups in total. The van der Waals surface area contributed by atoms with E-state index in [4.69, 9.17) is 5.73 Å². The summed E-state index contributed by atoms with van der Waals surface area (Å²) in [6, 6.07) is 11.4. The van der Waals surface area contributed by atoms with Gasteiger partial charge in [0.05, 0.1) is 0 Å². The van der Waals surface area contributed by atoms with E-state index in [1.54, 1.807) is 28.6 Å². The van der Waals surface area contributed by atoms with Crippen molar-refractivity contribution in [2.45, 2.75) is 17.9 Å². The molecular weight excluding hydrogens is 324 g/mol. The number of anilines is 1. The SMILES string of the molecule is Nc1ccc(=O)n(CCCSc2cccc(Br)c2)c1. The highest BCUT2D eigenvalue weighted by Crippen LogP contribution is 2.22. The minimum atomic E-state index is 0.00153. The van der Waals surface area contributed by atoms with Crippen molar-refractivity contribution in [3.05, 3.63) is 57.4 Å². The third kappa shape index (κ3) is 4.44. The van der Waals surface area contributed by atoms with Crippen molar-refractivity contribution in [2.75, 3.05) is 11.5 Å². The third-order valence-corrected chi connectivity index (χ3v) is 4.19. The fourth-order valence-electron chi connectivity index (χ4n) is 1.71. The Labute approximate surface area is 125 Å². The molecule has 0 unspecified atom stereocenters. The highest BCUT2D eigenvalue weighted by molar-refractivity contribution is 9.10. The Hall–Kier alpha value is -1.20. The standard InChI is InChI=1S/C14H15BrN2OS/c15-11-3-1-4-13(9-11)19-8-2-7-17-10-12(16)5-6-14(17)18/h1,3-6,9-10H,2,7-8,16H2. The highest BCUT2D eigenvalue weighted by Gasteiger charge is 1.98. The molecule has 1 heterocycles. The van der Waals surface area contributed by atoms with Crippen LogP contribution in [0.1, 0.15) is 6.42 Å². The average molecular weight is 339 g/mol. The number of aryl methyl sites for hydroxylation is 1. The van der Waals surface area contributed by atoms with Crippen LogP contribution in [-0.4, -0.2) is 10.3 Å². The number of thioether (sulfide) groups is 1. The van der Waals surface area contributed by atoms with Crippen LogP contribution in [0.5, 0.6) is 0 Å². The van der Waals surface area contributed by atoms with E-state index in [2.05, 4.69) is 28.1 Å². The number of benzene rings is 1. The summed E-state index contributed by atoms with van der Waals surface area (Å²) >= 11 is 5.24. The van der Waals surface area contributed by atoms with Crippen LogP contribution in [0.3, 0.4) is 0 Å². The molecule has 0 aliphatic heterocycles. The predicted octanol–water partition coefficient (Wildman–Crippen LogP) is 3.38. The minimum Gasteiger partial charge on any atom is -0.398 e. The summed E-state index contributed by atoms with van der Waals surface area (Å²) < 4.78 is 2.75. The number of rotatable bonds is 5. The molecule has 3 nitrogen and oxygen atoms in total. The van der Waals surface area contributed by atoms with Crippen LogP contribution in [0.15, 0.2) is 56.8 Å². The largest absolute Gasteiger partial charge is 0.398 e. The second kappa shape index (κ2) is 6.82. The van der Waals surface area contributed by atoms with Gasteiger partial charge in [0.1, 0.15) is 0 Å². The van der Waals surface area contributed by atoms with Crippen LogP contribution >= 0.6 is 27.7 Å². The van der Waals surface area contributed by atoms with Crippen molar-refractivity contribution in [2.24, 2.45) is 0 Å². The molecular formula is C14H15BrN2OS. The fourth-order valence-corrected chi connectivity index (χ4v) is 3.15. The van der Waals surface area contributed by atoms with Gasteiger partial charge in [-0.05, 0) is 36.4 Å². The number of nitrogens with zero attached hydrogens (tertiary/aromatic N) is 1. The molecule has 0 saturated heterocycles. The molecule has 1 aromatic carbocycles. The van der Waals surface area contributed by atoms with Crippen molar-refractivity contribution < 1.29 is 0 Å². The molecule has 0 saturated carbocycles. The fraction of sp³-hybridized carbons (Fsp3) is 0.214. The van der Waals surface area contributed by atoms with E-state index in [9.17, 15) is 4.79 Å². The predicted molar refractivity (Wildman–Crippen MR) is 84.6 cm³/mol. The molecule has 0 atom stereocenters. The quantitative estimate of drug-likeness (QED) is 0.671. The number of aromatic nitrogens is 1. The number of pyridine rings is 1. The molecule has 0 spiro atoms. The topological polar surface area (TPSA) is 48.0 Å². The third-order valence-electron chi connectivity index (χ3n) is 2.61. The van der Waals surface area contributed by atoms with Crippen molar-refractivity contribution >= 4 is 33.4 Å². The molecule has 0 amide bonds. The summed E-state index contributed by atoms with van der Waals surface area (Å²) in [5.74, 6) is 0.970. The molecule has 0 aliphatic carbocycles. The minimum absolute atomic E-state index is 0.00153. The van der Waals surface area contributed by atoms with Gasteiger partial charge in [0.15, 0.2) is 0 Å². The number of hydrogen-bond acceptors (Lipinski definition) is 3. The monoisotopic (exact) mass is 338 g/mol. The van der Waals surface area contributed by atoms with E-state index in [1.807, 2.05) is 12.1 Å². The maximum absolute atomic E-state index is 11.6. The van der Waals surface area contributed by atoms with Gasteiger partial charge in [-0.25, -0.2) is 0 Å². The Bertz CT molecular complexity index is 612. The molecule has 0 radical (unpaired) electrons. The van der Waals surface area contributed by atoms with E-state index in [0.717, 1.165) is 16.6 Å². The Morgan fingerprint density at radius 2 is 2.11 bits per heavy atom. The smallest absolute Gasteiger partial charge is 0.250 e. The van der Waals surface area contributed by atoms with Crippen LogP contribution in [0.2, 0.25) is 0 Å². The van der Waals surface area contributed by atoms with E-state index < -0.39 is 0 Å². The molecule has 0 bridgehead atoms. The lowest BCUT2D eigenvalue weighted by Gasteiger charge is -2.06. The summed E-state index contributed by atoms with van der Waals surface area (Å²) in [6.45, 7) is 0.699. The first-order chi connectivity index (χ1) is 9.15. The zero-order valence-electron chi connectivity index (χ0n) is 10.4. The first-order valence-corrected chi connectivity index (χ1v) is 7.77. The first kappa shape index (κ1) is 14.2. The van der Waals surface area contributed by atoms with Gasteiger partial charge in [0.25, 0.3) is 5.56 Å². The molecule has 2 aromatic rings. The lowest BCUT2D eigenvalue weighted by molar-refractivity contribution is 0.660. The van der Waals surface area contributed by atoms with Crippen LogP contribution < -0.4 is 11.3 Å². The van der Waals surface area contributed by atoms with Gasteiger partial charge in [-0.2, -0.15) is 0 Å². The Morgan fingerprint density at radius 1 is 1.26 bits per heavy atom. The van der Waals surface area contributed by atoms with E-state index >= 15 is 0 Å². The maximum Gasteiger partial charge on any atom is 0.250 e. The van der Waals surface area contributed by atoms with Crippen molar-refractivity contribution in [1.82, 2.24) is 4.57 Å². The number of hydrogen-bond donors (Lipinski definition) is 1. The number of halogens is 1. The molecule has 0 aliphatic rings. The normalized spacial score (nSPS) is 10.6. The Morgan fingerprint density at radius 3 is 2.89 bits per heavy atom. The van der Waals surface area contributed by atoms with Crippen LogP contribution in [0.25, 0.3) is 0 Å². The number of nitrogen functional groups attached to an aromatic ring is 1. The molecule has 100 valence electrons. The average Bonchev–Trinajstić information content (AvgIpc) is 2.39. The van der Waals surface area contributed by atoms with Crippen LogP contribution in [0, 0.1) is 0 Å². The summed E-state index contributed by atoms with van der Waals surface area (Å²) in [5, 5.41) is 0. The first-order valence-electron chi connectivity index (χ1n) is 5.99. The number of nitrogens with two attached hydrogens (primary N) is 1. The van der Waals surface area contributed by atoms with Crippen molar-refractivity contribution in [3.8, 4) is 0 Å². The van der Waals surface area contributed by atoms with Crippen LogP contribution in [0.4, 0.5) is 5.69 Å². The Kier molecular flexibility index (Phi) is 5.10. The van der Waals surface area contributed by atoms with E-state index in [0.29, 0.717) is 12.2 Å². The summed E-state index contributed by atoms with van der Waals surface area (Å²) in [6.07, 6.45) is 2.63. The van der Waals surface area contributed by atoms with Crippen molar-refractivity contribution in [3.63, 3.8) is 0 Å². The molecule has 5 heteroatoms. The zero-order valence-corrected chi connectivity index (χ0v) is 12.8. The summed E-state index contributed by atoms with van der Waals surface area (Å²) in [7, 11) is 0. The van der Waals surface area contributed by atoms with E-state index in [-0.39, 0.29) is 5.56 Å². The lowest BCUT2D eigenvalue weighted by Crippen LogP contribution is -2.19. The second-order valence-corrected chi connectivity index (χ2v) is 6.24. The van der Waals surface area contributed by atoms with Gasteiger partial charge in [0.2, 0.25) is 0 Å². The Balaban J connectivity index is 1.84. The van der Waals surface area contributed by atoms with Gasteiger partial charge >= 0.3 is 0 Å².